The molecule has 0 amide bonds. The standard InChI is InChI=1S/C14H25N5OS.HI/c1-4-15-14(16-9-13-17-10(2)20-19-13)18-11-6-5-7-12(8-11)21-3;/h11-12H,4-9H2,1-3H3,(H2,15,16,18);1H. The molecule has 2 atom stereocenters. The molecule has 0 saturated heterocycles. The Kier molecular flexibility index (Phi) is 9.15. The van der Waals surface area contributed by atoms with Crippen molar-refractivity contribution in [3.63, 3.8) is 0 Å². The fourth-order valence-electron chi connectivity index (χ4n) is 2.56. The van der Waals surface area contributed by atoms with E-state index in [2.05, 4.69) is 38.9 Å². The number of guanidine groups is 1. The van der Waals surface area contributed by atoms with Crippen molar-refractivity contribution < 1.29 is 4.52 Å². The Labute approximate surface area is 153 Å². The molecule has 1 aliphatic carbocycles. The molecule has 2 unspecified atom stereocenters. The van der Waals surface area contributed by atoms with E-state index in [0.717, 1.165) is 17.8 Å². The predicted octanol–water partition coefficient (Wildman–Crippen LogP) is 2.73. The van der Waals surface area contributed by atoms with Gasteiger partial charge >= 0.3 is 0 Å². The van der Waals surface area contributed by atoms with Crippen LogP contribution in [0.1, 0.15) is 44.3 Å². The highest BCUT2D eigenvalue weighted by molar-refractivity contribution is 14.0. The summed E-state index contributed by atoms with van der Waals surface area (Å²) in [7, 11) is 0. The van der Waals surface area contributed by atoms with E-state index in [9.17, 15) is 0 Å². The molecule has 0 aliphatic heterocycles. The van der Waals surface area contributed by atoms with Crippen molar-refractivity contribution in [2.24, 2.45) is 4.99 Å². The fraction of sp³-hybridized carbons (Fsp3) is 0.786. The molecular formula is C14H26IN5OS. The van der Waals surface area contributed by atoms with Crippen LogP contribution < -0.4 is 10.6 Å². The number of nitrogens with one attached hydrogen (secondary N) is 2. The Hall–Kier alpha value is -0.510. The zero-order valence-corrected chi connectivity index (χ0v) is 16.6. The van der Waals surface area contributed by atoms with Gasteiger partial charge in [0.25, 0.3) is 0 Å². The van der Waals surface area contributed by atoms with Crippen molar-refractivity contribution in [3.8, 4) is 0 Å². The maximum Gasteiger partial charge on any atom is 0.223 e. The SMILES string of the molecule is CCNC(=NCc1noc(C)n1)NC1CCCC(SC)C1.I. The highest BCUT2D eigenvalue weighted by atomic mass is 127. The monoisotopic (exact) mass is 439 g/mol. The average Bonchev–Trinajstić information content (AvgIpc) is 2.91. The van der Waals surface area contributed by atoms with Crippen LogP contribution >= 0.6 is 35.7 Å². The van der Waals surface area contributed by atoms with Gasteiger partial charge in [0.15, 0.2) is 11.8 Å². The molecule has 0 spiro atoms. The van der Waals surface area contributed by atoms with Gasteiger partial charge in [-0.1, -0.05) is 11.6 Å². The molecule has 1 fully saturated rings. The minimum Gasteiger partial charge on any atom is -0.357 e. The number of nitrogens with zero attached hydrogens (tertiary/aromatic N) is 3. The lowest BCUT2D eigenvalue weighted by molar-refractivity contribution is 0.387. The number of aromatic nitrogens is 2. The third kappa shape index (κ3) is 6.31. The number of thioether (sulfide) groups is 1. The van der Waals surface area contributed by atoms with Crippen molar-refractivity contribution in [2.75, 3.05) is 12.8 Å². The molecule has 22 heavy (non-hydrogen) atoms. The predicted molar refractivity (Wildman–Crippen MR) is 102 cm³/mol. The first-order chi connectivity index (χ1) is 10.2. The molecule has 0 radical (unpaired) electrons. The normalized spacial score (nSPS) is 22.0. The van der Waals surface area contributed by atoms with Crippen LogP contribution in [0.4, 0.5) is 0 Å². The summed E-state index contributed by atoms with van der Waals surface area (Å²) < 4.78 is 4.96. The van der Waals surface area contributed by atoms with Gasteiger partial charge in [0.1, 0.15) is 6.54 Å². The summed E-state index contributed by atoms with van der Waals surface area (Å²) in [5.41, 5.74) is 0. The van der Waals surface area contributed by atoms with Gasteiger partial charge in [-0.3, -0.25) is 0 Å². The third-order valence-electron chi connectivity index (χ3n) is 3.59. The number of rotatable bonds is 5. The molecule has 1 saturated carbocycles. The molecule has 0 bridgehead atoms. The molecule has 1 aliphatic rings. The van der Waals surface area contributed by atoms with E-state index in [1.165, 1.54) is 25.7 Å². The van der Waals surface area contributed by atoms with Crippen LogP contribution in [0.15, 0.2) is 9.52 Å². The van der Waals surface area contributed by atoms with Crippen molar-refractivity contribution in [1.82, 2.24) is 20.8 Å². The highest BCUT2D eigenvalue weighted by Crippen LogP contribution is 2.26. The van der Waals surface area contributed by atoms with Crippen LogP contribution in [0.5, 0.6) is 0 Å². The van der Waals surface area contributed by atoms with E-state index < -0.39 is 0 Å². The minimum atomic E-state index is 0. The van der Waals surface area contributed by atoms with Crippen molar-refractivity contribution >= 4 is 41.7 Å². The molecule has 1 heterocycles. The molecule has 126 valence electrons. The molecule has 1 aromatic rings. The van der Waals surface area contributed by atoms with Gasteiger partial charge in [0.2, 0.25) is 5.89 Å². The largest absolute Gasteiger partial charge is 0.357 e. The van der Waals surface area contributed by atoms with Gasteiger partial charge in [-0.05, 0) is 32.4 Å². The first kappa shape index (κ1) is 19.5. The Balaban J connectivity index is 0.00000242. The van der Waals surface area contributed by atoms with Crippen LogP contribution in [0.25, 0.3) is 0 Å². The molecule has 2 N–H and O–H groups in total. The lowest BCUT2D eigenvalue weighted by Gasteiger charge is -2.29. The zero-order valence-electron chi connectivity index (χ0n) is 13.5. The van der Waals surface area contributed by atoms with Gasteiger partial charge < -0.3 is 15.2 Å². The van der Waals surface area contributed by atoms with E-state index >= 15 is 0 Å². The van der Waals surface area contributed by atoms with Crippen LogP contribution in [-0.4, -0.2) is 40.2 Å². The van der Waals surface area contributed by atoms with Crippen molar-refractivity contribution in [3.05, 3.63) is 11.7 Å². The summed E-state index contributed by atoms with van der Waals surface area (Å²) in [6, 6.07) is 0.501. The Bertz CT molecular complexity index is 468. The van der Waals surface area contributed by atoms with Gasteiger partial charge in [0, 0.05) is 24.8 Å². The van der Waals surface area contributed by atoms with Gasteiger partial charge in [-0.15, -0.1) is 24.0 Å². The molecular weight excluding hydrogens is 413 g/mol. The quantitative estimate of drug-likeness (QED) is 0.418. The van der Waals surface area contributed by atoms with Crippen LogP contribution in [0, 0.1) is 6.92 Å². The summed E-state index contributed by atoms with van der Waals surface area (Å²) >= 11 is 1.97. The van der Waals surface area contributed by atoms with E-state index in [4.69, 9.17) is 4.52 Å². The van der Waals surface area contributed by atoms with E-state index in [-0.39, 0.29) is 24.0 Å². The highest BCUT2D eigenvalue weighted by Gasteiger charge is 2.21. The van der Waals surface area contributed by atoms with E-state index in [1.807, 2.05) is 11.8 Å². The number of aliphatic imine (C=N–C) groups is 1. The molecule has 0 aromatic carbocycles. The summed E-state index contributed by atoms with van der Waals surface area (Å²) in [6.45, 7) is 5.14. The summed E-state index contributed by atoms with van der Waals surface area (Å²) in [5.74, 6) is 2.04. The fourth-order valence-corrected chi connectivity index (χ4v) is 3.39. The number of hydrogen-bond donors (Lipinski definition) is 2. The Morgan fingerprint density at radius 1 is 1.45 bits per heavy atom. The zero-order chi connectivity index (χ0) is 15.1. The Morgan fingerprint density at radius 2 is 2.27 bits per heavy atom. The van der Waals surface area contributed by atoms with Crippen LogP contribution in [0.3, 0.4) is 0 Å². The second kappa shape index (κ2) is 10.3. The van der Waals surface area contributed by atoms with Gasteiger partial charge in [-0.2, -0.15) is 16.7 Å². The van der Waals surface area contributed by atoms with E-state index in [1.54, 1.807) is 6.92 Å². The van der Waals surface area contributed by atoms with E-state index in [0.29, 0.717) is 24.3 Å². The average molecular weight is 439 g/mol. The van der Waals surface area contributed by atoms with Crippen molar-refractivity contribution in [1.29, 1.82) is 0 Å². The van der Waals surface area contributed by atoms with Crippen LogP contribution in [-0.2, 0) is 6.54 Å². The lowest BCUT2D eigenvalue weighted by Crippen LogP contribution is -2.45. The topological polar surface area (TPSA) is 75.3 Å². The minimum absolute atomic E-state index is 0. The lowest BCUT2D eigenvalue weighted by atomic mass is 9.95. The van der Waals surface area contributed by atoms with Gasteiger partial charge in [0.05, 0.1) is 0 Å². The Morgan fingerprint density at radius 3 is 2.91 bits per heavy atom. The second-order valence-electron chi connectivity index (χ2n) is 5.29. The maximum absolute atomic E-state index is 4.96. The van der Waals surface area contributed by atoms with Crippen LogP contribution in [0.2, 0.25) is 0 Å². The molecule has 1 aromatic heterocycles. The number of hydrogen-bond acceptors (Lipinski definition) is 5. The smallest absolute Gasteiger partial charge is 0.223 e. The maximum atomic E-state index is 4.96. The number of aryl methyl sites for hydroxylation is 1. The molecule has 6 nitrogen and oxygen atoms in total. The second-order valence-corrected chi connectivity index (χ2v) is 6.43. The summed E-state index contributed by atoms with van der Waals surface area (Å²) in [6.07, 6.45) is 7.22. The third-order valence-corrected chi connectivity index (χ3v) is 4.69. The van der Waals surface area contributed by atoms with Gasteiger partial charge in [-0.25, -0.2) is 4.99 Å². The molecule has 8 heteroatoms. The summed E-state index contributed by atoms with van der Waals surface area (Å²) in [4.78, 5) is 8.72. The molecule has 2 rings (SSSR count). The first-order valence-electron chi connectivity index (χ1n) is 7.58. The first-order valence-corrected chi connectivity index (χ1v) is 8.87. The summed E-state index contributed by atoms with van der Waals surface area (Å²) in [5, 5.41) is 11.5. The number of halogens is 1. The van der Waals surface area contributed by atoms with Crippen molar-refractivity contribution in [2.45, 2.75) is 57.4 Å².